The highest BCUT2D eigenvalue weighted by Crippen LogP contribution is 2.22. The normalized spacial score (nSPS) is 15.0. The lowest BCUT2D eigenvalue weighted by molar-refractivity contribution is -0.117. The van der Waals surface area contributed by atoms with Crippen molar-refractivity contribution in [3.8, 4) is 0 Å². The van der Waals surface area contributed by atoms with E-state index in [-0.39, 0.29) is 11.8 Å². The lowest BCUT2D eigenvalue weighted by Gasteiger charge is -2.18. The maximum absolute atomic E-state index is 12.0. The molecule has 1 aromatic rings. The van der Waals surface area contributed by atoms with E-state index in [4.69, 9.17) is 0 Å². The third kappa shape index (κ3) is 2.37. The Labute approximate surface area is 107 Å². The molecule has 1 aliphatic heterocycles. The zero-order valence-electron chi connectivity index (χ0n) is 10.8. The first kappa shape index (κ1) is 12.6. The number of rotatable bonds is 3. The zero-order valence-corrected chi connectivity index (χ0v) is 10.8. The first-order valence-corrected chi connectivity index (χ1v) is 6.29. The summed E-state index contributed by atoms with van der Waals surface area (Å²) in [6.45, 7) is 3.36. The molecule has 0 aromatic heterocycles. The Morgan fingerprint density at radius 2 is 2.22 bits per heavy atom. The first-order valence-electron chi connectivity index (χ1n) is 6.29. The maximum atomic E-state index is 12.0. The van der Waals surface area contributed by atoms with Crippen LogP contribution in [0.25, 0.3) is 0 Å². The average molecular weight is 246 g/mol. The molecule has 0 aliphatic carbocycles. The van der Waals surface area contributed by atoms with Crippen LogP contribution in [0.15, 0.2) is 24.3 Å². The Balaban J connectivity index is 2.25. The van der Waals surface area contributed by atoms with Gasteiger partial charge in [-0.05, 0) is 31.5 Å². The van der Waals surface area contributed by atoms with Gasteiger partial charge in [-0.25, -0.2) is 0 Å². The predicted octanol–water partition coefficient (Wildman–Crippen LogP) is 1.91. The highest BCUT2D eigenvalue weighted by atomic mass is 16.2. The fourth-order valence-corrected chi connectivity index (χ4v) is 2.09. The van der Waals surface area contributed by atoms with Crippen molar-refractivity contribution in [3.05, 3.63) is 29.8 Å². The molecule has 96 valence electrons. The molecular formula is C14H18N2O2. The van der Waals surface area contributed by atoms with Crippen molar-refractivity contribution in [2.75, 3.05) is 25.0 Å². The molecule has 2 amide bonds. The molecule has 2 rings (SSSR count). The Hall–Kier alpha value is -1.84. The molecule has 4 heteroatoms. The van der Waals surface area contributed by atoms with E-state index in [0.717, 1.165) is 18.7 Å². The van der Waals surface area contributed by atoms with Crippen molar-refractivity contribution in [1.29, 1.82) is 0 Å². The average Bonchev–Trinajstić information content (AvgIpc) is 2.83. The van der Waals surface area contributed by atoms with E-state index in [0.29, 0.717) is 18.5 Å². The quantitative estimate of drug-likeness (QED) is 0.817. The van der Waals surface area contributed by atoms with E-state index in [1.165, 1.54) is 0 Å². The van der Waals surface area contributed by atoms with Crippen LogP contribution in [0.4, 0.5) is 5.69 Å². The molecule has 1 heterocycles. The van der Waals surface area contributed by atoms with Crippen LogP contribution in [-0.4, -0.2) is 36.9 Å². The highest BCUT2D eigenvalue weighted by molar-refractivity contribution is 5.98. The fraction of sp³-hybridized carbons (Fsp3) is 0.429. The molecule has 0 N–H and O–H groups in total. The molecule has 0 radical (unpaired) electrons. The number of nitrogens with zero attached hydrogens (tertiary/aromatic N) is 2. The number of carbonyl (C=O) groups is 2. The van der Waals surface area contributed by atoms with Crippen LogP contribution in [0.3, 0.4) is 0 Å². The Kier molecular flexibility index (Phi) is 3.65. The van der Waals surface area contributed by atoms with Crippen LogP contribution in [-0.2, 0) is 4.79 Å². The third-order valence-corrected chi connectivity index (χ3v) is 3.30. The molecule has 1 aromatic carbocycles. The largest absolute Gasteiger partial charge is 0.342 e. The number of hydrogen-bond donors (Lipinski definition) is 0. The standard InChI is InChI=1S/C14H18N2O2/c1-3-15(2)14(18)11-6-4-7-12(10-11)16-9-5-8-13(16)17/h4,6-7,10H,3,5,8-9H2,1-2H3. The second kappa shape index (κ2) is 5.21. The summed E-state index contributed by atoms with van der Waals surface area (Å²) < 4.78 is 0. The molecule has 4 nitrogen and oxygen atoms in total. The van der Waals surface area contributed by atoms with Gasteiger partial charge in [0.2, 0.25) is 5.91 Å². The Morgan fingerprint density at radius 1 is 1.44 bits per heavy atom. The molecule has 0 unspecified atom stereocenters. The molecule has 0 bridgehead atoms. The number of carbonyl (C=O) groups excluding carboxylic acids is 2. The number of hydrogen-bond acceptors (Lipinski definition) is 2. The van der Waals surface area contributed by atoms with Crippen LogP contribution in [0.1, 0.15) is 30.1 Å². The van der Waals surface area contributed by atoms with E-state index in [1.807, 2.05) is 19.1 Å². The summed E-state index contributed by atoms with van der Waals surface area (Å²) in [5.41, 5.74) is 1.46. The summed E-state index contributed by atoms with van der Waals surface area (Å²) in [4.78, 5) is 27.1. The summed E-state index contributed by atoms with van der Waals surface area (Å²) in [7, 11) is 1.77. The van der Waals surface area contributed by atoms with E-state index >= 15 is 0 Å². The van der Waals surface area contributed by atoms with Crippen molar-refractivity contribution in [2.24, 2.45) is 0 Å². The van der Waals surface area contributed by atoms with Gasteiger partial charge in [0.25, 0.3) is 5.91 Å². The minimum atomic E-state index is -0.00834. The van der Waals surface area contributed by atoms with Crippen LogP contribution in [0.5, 0.6) is 0 Å². The van der Waals surface area contributed by atoms with Crippen molar-refractivity contribution in [2.45, 2.75) is 19.8 Å². The minimum Gasteiger partial charge on any atom is -0.342 e. The van der Waals surface area contributed by atoms with E-state index in [1.54, 1.807) is 29.0 Å². The lowest BCUT2D eigenvalue weighted by atomic mass is 10.1. The summed E-state index contributed by atoms with van der Waals surface area (Å²) in [5, 5.41) is 0. The van der Waals surface area contributed by atoms with E-state index in [9.17, 15) is 9.59 Å². The van der Waals surface area contributed by atoms with Gasteiger partial charge >= 0.3 is 0 Å². The van der Waals surface area contributed by atoms with Crippen LogP contribution >= 0.6 is 0 Å². The van der Waals surface area contributed by atoms with Gasteiger partial charge in [0.1, 0.15) is 0 Å². The molecule has 0 saturated carbocycles. The van der Waals surface area contributed by atoms with E-state index < -0.39 is 0 Å². The van der Waals surface area contributed by atoms with Gasteiger partial charge in [-0.15, -0.1) is 0 Å². The first-order chi connectivity index (χ1) is 8.63. The number of anilines is 1. The fourth-order valence-electron chi connectivity index (χ4n) is 2.09. The smallest absolute Gasteiger partial charge is 0.253 e. The number of amides is 2. The van der Waals surface area contributed by atoms with E-state index in [2.05, 4.69) is 0 Å². The van der Waals surface area contributed by atoms with Gasteiger partial charge in [0, 0.05) is 37.8 Å². The second-order valence-electron chi connectivity index (χ2n) is 4.52. The van der Waals surface area contributed by atoms with Gasteiger partial charge in [0.15, 0.2) is 0 Å². The molecule has 18 heavy (non-hydrogen) atoms. The van der Waals surface area contributed by atoms with Crippen molar-refractivity contribution in [1.82, 2.24) is 4.90 Å². The second-order valence-corrected chi connectivity index (χ2v) is 4.52. The van der Waals surface area contributed by atoms with Crippen LogP contribution in [0, 0.1) is 0 Å². The molecular weight excluding hydrogens is 228 g/mol. The highest BCUT2D eigenvalue weighted by Gasteiger charge is 2.22. The van der Waals surface area contributed by atoms with Crippen LogP contribution < -0.4 is 4.90 Å². The summed E-state index contributed by atoms with van der Waals surface area (Å²) in [5.74, 6) is 0.134. The Morgan fingerprint density at radius 3 is 2.83 bits per heavy atom. The summed E-state index contributed by atoms with van der Waals surface area (Å²) >= 11 is 0. The van der Waals surface area contributed by atoms with Crippen molar-refractivity contribution >= 4 is 17.5 Å². The number of benzene rings is 1. The SMILES string of the molecule is CCN(C)C(=O)c1cccc(N2CCCC2=O)c1. The molecule has 0 atom stereocenters. The monoisotopic (exact) mass is 246 g/mol. The maximum Gasteiger partial charge on any atom is 0.253 e. The van der Waals surface area contributed by atoms with Crippen molar-refractivity contribution in [3.63, 3.8) is 0 Å². The molecule has 1 fully saturated rings. The zero-order chi connectivity index (χ0) is 13.1. The topological polar surface area (TPSA) is 40.6 Å². The van der Waals surface area contributed by atoms with Crippen molar-refractivity contribution < 1.29 is 9.59 Å². The molecule has 1 saturated heterocycles. The third-order valence-electron chi connectivity index (χ3n) is 3.30. The lowest BCUT2D eigenvalue weighted by Crippen LogP contribution is -2.27. The molecule has 1 aliphatic rings. The Bertz CT molecular complexity index is 471. The van der Waals surface area contributed by atoms with Gasteiger partial charge in [-0.2, -0.15) is 0 Å². The minimum absolute atomic E-state index is 0.00834. The van der Waals surface area contributed by atoms with Gasteiger partial charge < -0.3 is 9.80 Å². The predicted molar refractivity (Wildman–Crippen MR) is 70.7 cm³/mol. The van der Waals surface area contributed by atoms with Gasteiger partial charge in [-0.1, -0.05) is 6.07 Å². The molecule has 0 spiro atoms. The van der Waals surface area contributed by atoms with Gasteiger partial charge in [0.05, 0.1) is 0 Å². The summed E-state index contributed by atoms with van der Waals surface area (Å²) in [6.07, 6.45) is 1.50. The van der Waals surface area contributed by atoms with Gasteiger partial charge in [-0.3, -0.25) is 9.59 Å². The van der Waals surface area contributed by atoms with Crippen LogP contribution in [0.2, 0.25) is 0 Å². The summed E-state index contributed by atoms with van der Waals surface area (Å²) in [6, 6.07) is 7.31.